The van der Waals surface area contributed by atoms with Crippen molar-refractivity contribution in [1.29, 1.82) is 0 Å². The molecule has 0 aliphatic carbocycles. The third kappa shape index (κ3) is 3.36. The zero-order valence-electron chi connectivity index (χ0n) is 11.9. The van der Waals surface area contributed by atoms with E-state index >= 15 is 0 Å². The second kappa shape index (κ2) is 6.52. The number of nitrogens with one attached hydrogen (secondary N) is 1. The molecule has 0 bridgehead atoms. The Labute approximate surface area is 123 Å². The molecular weight excluding hydrogens is 306 g/mol. The van der Waals surface area contributed by atoms with Crippen molar-refractivity contribution in [2.45, 2.75) is 25.8 Å². The van der Waals surface area contributed by atoms with E-state index in [4.69, 9.17) is 0 Å². The standard InChI is InChI=1S/C13H22BrN5/c1-4-15-12-11(14)13(17-9-16-12)19-7-5-6-10(8-19)18(2)3/h9-10H,4-8H2,1-3H3,(H,15,16,17). The van der Waals surface area contributed by atoms with Crippen LogP contribution in [0.5, 0.6) is 0 Å². The maximum atomic E-state index is 4.45. The van der Waals surface area contributed by atoms with Gasteiger partial charge in [0.1, 0.15) is 22.4 Å². The lowest BCUT2D eigenvalue weighted by atomic mass is 10.1. The zero-order valence-corrected chi connectivity index (χ0v) is 13.4. The number of hydrogen-bond acceptors (Lipinski definition) is 5. The van der Waals surface area contributed by atoms with Crippen LogP contribution < -0.4 is 10.2 Å². The van der Waals surface area contributed by atoms with Crippen LogP contribution in [0.15, 0.2) is 10.8 Å². The van der Waals surface area contributed by atoms with Gasteiger partial charge >= 0.3 is 0 Å². The number of halogens is 1. The third-order valence-corrected chi connectivity index (χ3v) is 4.27. The quantitative estimate of drug-likeness (QED) is 0.918. The Morgan fingerprint density at radius 2 is 2.26 bits per heavy atom. The Morgan fingerprint density at radius 1 is 1.47 bits per heavy atom. The van der Waals surface area contributed by atoms with Crippen LogP contribution in [0.25, 0.3) is 0 Å². The molecule has 0 spiro atoms. The van der Waals surface area contributed by atoms with Crippen LogP contribution in [0.2, 0.25) is 0 Å². The summed E-state index contributed by atoms with van der Waals surface area (Å²) in [5.41, 5.74) is 0. The minimum atomic E-state index is 0.596. The Kier molecular flexibility index (Phi) is 4.99. The maximum Gasteiger partial charge on any atom is 0.148 e. The van der Waals surface area contributed by atoms with Gasteiger partial charge in [-0.3, -0.25) is 0 Å². The Morgan fingerprint density at radius 3 is 2.95 bits per heavy atom. The van der Waals surface area contributed by atoms with Crippen molar-refractivity contribution in [3.63, 3.8) is 0 Å². The molecule has 1 aliphatic rings. The summed E-state index contributed by atoms with van der Waals surface area (Å²) in [5.74, 6) is 1.87. The number of aromatic nitrogens is 2. The number of nitrogens with zero attached hydrogens (tertiary/aromatic N) is 4. The van der Waals surface area contributed by atoms with Gasteiger partial charge < -0.3 is 15.1 Å². The number of piperidine rings is 1. The molecule has 0 radical (unpaired) electrons. The van der Waals surface area contributed by atoms with Crippen LogP contribution in [0, 0.1) is 0 Å². The van der Waals surface area contributed by atoms with Gasteiger partial charge in [0.15, 0.2) is 0 Å². The van der Waals surface area contributed by atoms with Gasteiger partial charge in [-0.15, -0.1) is 0 Å². The summed E-state index contributed by atoms with van der Waals surface area (Å²) in [5, 5.41) is 3.25. The number of likely N-dealkylation sites (N-methyl/N-ethyl adjacent to an activating group) is 1. The first kappa shape index (κ1) is 14.5. The number of anilines is 2. The summed E-state index contributed by atoms with van der Waals surface area (Å²) in [7, 11) is 4.29. The molecule has 1 saturated heterocycles. The average molecular weight is 328 g/mol. The fourth-order valence-corrected chi connectivity index (χ4v) is 3.04. The van der Waals surface area contributed by atoms with Crippen molar-refractivity contribution >= 4 is 27.6 Å². The van der Waals surface area contributed by atoms with Crippen LogP contribution in [0.3, 0.4) is 0 Å². The summed E-state index contributed by atoms with van der Waals surface area (Å²) in [6.07, 6.45) is 4.10. The molecule has 5 nitrogen and oxygen atoms in total. The van der Waals surface area contributed by atoms with Gasteiger partial charge in [0.25, 0.3) is 0 Å². The first-order chi connectivity index (χ1) is 9.13. The largest absolute Gasteiger partial charge is 0.369 e. The normalized spacial score (nSPS) is 19.8. The zero-order chi connectivity index (χ0) is 13.8. The van der Waals surface area contributed by atoms with Crippen molar-refractivity contribution in [1.82, 2.24) is 14.9 Å². The fourth-order valence-electron chi connectivity index (χ4n) is 2.44. The molecule has 1 fully saturated rings. The molecule has 0 aromatic carbocycles. The van der Waals surface area contributed by atoms with Crippen molar-refractivity contribution in [3.05, 3.63) is 10.8 Å². The third-order valence-electron chi connectivity index (χ3n) is 3.54. The van der Waals surface area contributed by atoms with E-state index in [9.17, 15) is 0 Å². The number of rotatable bonds is 4. The maximum absolute atomic E-state index is 4.45. The minimum absolute atomic E-state index is 0.596. The smallest absolute Gasteiger partial charge is 0.148 e. The van der Waals surface area contributed by atoms with Gasteiger partial charge in [0.05, 0.1) is 0 Å². The van der Waals surface area contributed by atoms with E-state index in [-0.39, 0.29) is 0 Å². The summed E-state index contributed by atoms with van der Waals surface area (Å²) in [6.45, 7) is 5.01. The van der Waals surface area contributed by atoms with Crippen molar-refractivity contribution < 1.29 is 0 Å². The molecule has 1 atom stereocenters. The number of hydrogen-bond donors (Lipinski definition) is 1. The molecule has 1 unspecified atom stereocenters. The summed E-state index contributed by atoms with van der Waals surface area (Å²) in [6, 6.07) is 0.596. The van der Waals surface area contributed by atoms with Crippen molar-refractivity contribution in [3.8, 4) is 0 Å². The van der Waals surface area contributed by atoms with Crippen LogP contribution in [0.4, 0.5) is 11.6 Å². The van der Waals surface area contributed by atoms with Crippen LogP contribution >= 0.6 is 15.9 Å². The lowest BCUT2D eigenvalue weighted by Crippen LogP contribution is -2.45. The topological polar surface area (TPSA) is 44.3 Å². The van der Waals surface area contributed by atoms with E-state index in [1.807, 2.05) is 0 Å². The van der Waals surface area contributed by atoms with Gasteiger partial charge in [-0.1, -0.05) is 0 Å². The summed E-state index contributed by atoms with van der Waals surface area (Å²) >= 11 is 3.63. The first-order valence-corrected chi connectivity index (χ1v) is 7.58. The van der Waals surface area contributed by atoms with Gasteiger partial charge in [-0.05, 0) is 49.8 Å². The van der Waals surface area contributed by atoms with Crippen molar-refractivity contribution in [2.75, 3.05) is 43.9 Å². The van der Waals surface area contributed by atoms with Crippen LogP contribution in [-0.2, 0) is 0 Å². The molecule has 106 valence electrons. The van der Waals surface area contributed by atoms with E-state index < -0.39 is 0 Å². The van der Waals surface area contributed by atoms with E-state index in [0.717, 1.165) is 35.7 Å². The molecule has 0 amide bonds. The van der Waals surface area contributed by atoms with Gasteiger partial charge in [0.2, 0.25) is 0 Å². The highest BCUT2D eigenvalue weighted by molar-refractivity contribution is 9.10. The van der Waals surface area contributed by atoms with E-state index in [1.54, 1.807) is 6.33 Å². The van der Waals surface area contributed by atoms with Crippen LogP contribution in [-0.4, -0.2) is 54.6 Å². The lowest BCUT2D eigenvalue weighted by Gasteiger charge is -2.37. The van der Waals surface area contributed by atoms with E-state index in [0.29, 0.717) is 6.04 Å². The molecule has 2 heterocycles. The van der Waals surface area contributed by atoms with Gasteiger partial charge in [-0.2, -0.15) is 0 Å². The second-order valence-electron chi connectivity index (χ2n) is 5.10. The molecule has 19 heavy (non-hydrogen) atoms. The highest BCUT2D eigenvalue weighted by Gasteiger charge is 2.24. The molecule has 1 aliphatic heterocycles. The second-order valence-corrected chi connectivity index (χ2v) is 5.89. The molecule has 1 N–H and O–H groups in total. The fraction of sp³-hybridized carbons (Fsp3) is 0.692. The molecule has 1 aromatic heterocycles. The van der Waals surface area contributed by atoms with Gasteiger partial charge in [0, 0.05) is 25.7 Å². The SMILES string of the molecule is CCNc1ncnc(N2CCCC(N(C)C)C2)c1Br. The molecular formula is C13H22BrN5. The molecule has 2 rings (SSSR count). The van der Waals surface area contributed by atoms with Gasteiger partial charge in [-0.25, -0.2) is 9.97 Å². The summed E-state index contributed by atoms with van der Waals surface area (Å²) in [4.78, 5) is 13.4. The van der Waals surface area contributed by atoms with Crippen LogP contribution in [0.1, 0.15) is 19.8 Å². The highest BCUT2D eigenvalue weighted by atomic mass is 79.9. The predicted octanol–water partition coefficient (Wildman–Crippen LogP) is 2.20. The Bertz CT molecular complexity index is 423. The summed E-state index contributed by atoms with van der Waals surface area (Å²) < 4.78 is 0.969. The van der Waals surface area contributed by atoms with Crippen molar-refractivity contribution in [2.24, 2.45) is 0 Å². The predicted molar refractivity (Wildman–Crippen MR) is 82.8 cm³/mol. The van der Waals surface area contributed by atoms with E-state index in [2.05, 4.69) is 62.0 Å². The molecule has 0 saturated carbocycles. The van der Waals surface area contributed by atoms with E-state index in [1.165, 1.54) is 12.8 Å². The molecule has 1 aromatic rings. The minimum Gasteiger partial charge on any atom is -0.369 e. The monoisotopic (exact) mass is 327 g/mol. The highest BCUT2D eigenvalue weighted by Crippen LogP contribution is 2.31. The lowest BCUT2D eigenvalue weighted by molar-refractivity contribution is 0.257. The Hall–Kier alpha value is -0.880. The average Bonchev–Trinajstić information content (AvgIpc) is 2.41. The first-order valence-electron chi connectivity index (χ1n) is 6.79. The molecule has 6 heteroatoms. The Balaban J connectivity index is 2.19.